The fourth-order valence-electron chi connectivity index (χ4n) is 2.84. The molecule has 0 fully saturated rings. The Balaban J connectivity index is 1.77. The van der Waals surface area contributed by atoms with Crippen LogP contribution in [0.4, 0.5) is 4.39 Å². The number of amides is 2. The lowest BCUT2D eigenvalue weighted by Crippen LogP contribution is -2.40. The summed E-state index contributed by atoms with van der Waals surface area (Å²) in [4.78, 5) is 26.2. The molecule has 0 spiro atoms. The summed E-state index contributed by atoms with van der Waals surface area (Å²) in [5, 5.41) is 0. The summed E-state index contributed by atoms with van der Waals surface area (Å²) in [5.41, 5.74) is 1.34. The summed E-state index contributed by atoms with van der Waals surface area (Å²) < 4.78 is 23.9. The normalized spacial score (nSPS) is 14.6. The third-order valence-corrected chi connectivity index (χ3v) is 4.03. The molecule has 2 aromatic carbocycles. The second kappa shape index (κ2) is 7.03. The van der Waals surface area contributed by atoms with Gasteiger partial charge in [0, 0.05) is 7.11 Å². The monoisotopic (exact) mass is 343 g/mol. The first kappa shape index (κ1) is 17.1. The Labute approximate surface area is 145 Å². The lowest BCUT2D eigenvalue weighted by Gasteiger charge is -2.21. The smallest absolute Gasteiger partial charge is 0.262 e. The summed E-state index contributed by atoms with van der Waals surface area (Å²) in [6.45, 7) is 2.20. The van der Waals surface area contributed by atoms with Crippen LogP contribution < -0.4 is 4.74 Å². The zero-order chi connectivity index (χ0) is 18.0. The number of ether oxygens (including phenoxy) is 2. The Morgan fingerprint density at radius 3 is 2.56 bits per heavy atom. The predicted octanol–water partition coefficient (Wildman–Crippen LogP) is 3.04. The number of fused-ring (bicyclic) bond motifs is 1. The average Bonchev–Trinajstić information content (AvgIpc) is 2.84. The van der Waals surface area contributed by atoms with Crippen molar-refractivity contribution in [2.24, 2.45) is 0 Å². The van der Waals surface area contributed by atoms with Gasteiger partial charge in [-0.3, -0.25) is 14.5 Å². The molecule has 130 valence electrons. The van der Waals surface area contributed by atoms with Gasteiger partial charge >= 0.3 is 0 Å². The quantitative estimate of drug-likeness (QED) is 0.757. The Hall–Kier alpha value is -2.73. The molecule has 1 aliphatic heterocycles. The lowest BCUT2D eigenvalue weighted by atomic mass is 10.1. The summed E-state index contributed by atoms with van der Waals surface area (Å²) in [6.07, 6.45) is 0. The van der Waals surface area contributed by atoms with Gasteiger partial charge in [-0.05, 0) is 42.8 Å². The van der Waals surface area contributed by atoms with Crippen LogP contribution in [0.1, 0.15) is 33.2 Å². The van der Waals surface area contributed by atoms with Gasteiger partial charge in [-0.2, -0.15) is 0 Å². The molecular formula is C19H18FNO4. The lowest BCUT2D eigenvalue weighted by molar-refractivity contribution is 0.0497. The van der Waals surface area contributed by atoms with Crippen molar-refractivity contribution >= 4 is 11.8 Å². The van der Waals surface area contributed by atoms with Crippen molar-refractivity contribution in [2.75, 3.05) is 13.7 Å². The fraction of sp³-hybridized carbons (Fsp3) is 0.263. The molecule has 0 saturated heterocycles. The van der Waals surface area contributed by atoms with Gasteiger partial charge in [0.1, 0.15) is 18.2 Å². The molecule has 3 rings (SSSR count). The second-order valence-electron chi connectivity index (χ2n) is 5.91. The first-order valence-corrected chi connectivity index (χ1v) is 7.89. The molecule has 0 bridgehead atoms. The van der Waals surface area contributed by atoms with Gasteiger partial charge in [-0.1, -0.05) is 12.1 Å². The standard InChI is InChI=1S/C19H18FNO4/c1-12(10-24-2)21-18(22)16-7-6-15(9-17(16)19(21)23)25-11-13-4-3-5-14(20)8-13/h3-9,12H,10-11H2,1-2H3. The highest BCUT2D eigenvalue weighted by Crippen LogP contribution is 2.28. The third kappa shape index (κ3) is 3.39. The molecule has 0 N–H and O–H groups in total. The van der Waals surface area contributed by atoms with Crippen molar-refractivity contribution in [3.8, 4) is 5.75 Å². The Kier molecular flexibility index (Phi) is 4.81. The van der Waals surface area contributed by atoms with Crippen LogP contribution in [-0.4, -0.2) is 36.5 Å². The fourth-order valence-corrected chi connectivity index (χ4v) is 2.84. The van der Waals surface area contributed by atoms with Crippen LogP contribution in [0.3, 0.4) is 0 Å². The summed E-state index contributed by atoms with van der Waals surface area (Å²) >= 11 is 0. The van der Waals surface area contributed by atoms with Crippen molar-refractivity contribution in [3.63, 3.8) is 0 Å². The van der Waals surface area contributed by atoms with Crippen LogP contribution in [0.5, 0.6) is 5.75 Å². The predicted molar refractivity (Wildman–Crippen MR) is 89.0 cm³/mol. The van der Waals surface area contributed by atoms with Crippen LogP contribution in [0.15, 0.2) is 42.5 Å². The van der Waals surface area contributed by atoms with Crippen molar-refractivity contribution in [1.29, 1.82) is 0 Å². The van der Waals surface area contributed by atoms with E-state index in [9.17, 15) is 14.0 Å². The molecule has 2 aromatic rings. The first-order chi connectivity index (χ1) is 12.0. The van der Waals surface area contributed by atoms with Gasteiger partial charge in [0.05, 0.1) is 23.8 Å². The van der Waals surface area contributed by atoms with Gasteiger partial charge in [0.25, 0.3) is 11.8 Å². The Morgan fingerprint density at radius 1 is 1.08 bits per heavy atom. The van der Waals surface area contributed by atoms with Crippen molar-refractivity contribution in [1.82, 2.24) is 4.90 Å². The van der Waals surface area contributed by atoms with Crippen LogP contribution in [0.2, 0.25) is 0 Å². The maximum Gasteiger partial charge on any atom is 0.262 e. The van der Waals surface area contributed by atoms with Crippen LogP contribution >= 0.6 is 0 Å². The number of halogens is 1. The van der Waals surface area contributed by atoms with E-state index in [2.05, 4.69) is 0 Å². The van der Waals surface area contributed by atoms with E-state index >= 15 is 0 Å². The van der Waals surface area contributed by atoms with Crippen molar-refractivity contribution < 1.29 is 23.5 Å². The van der Waals surface area contributed by atoms with E-state index in [0.29, 0.717) is 22.4 Å². The molecule has 6 heteroatoms. The molecule has 0 saturated carbocycles. The van der Waals surface area contributed by atoms with Gasteiger partial charge < -0.3 is 9.47 Å². The molecule has 1 aliphatic rings. The molecular weight excluding hydrogens is 325 g/mol. The average molecular weight is 343 g/mol. The second-order valence-corrected chi connectivity index (χ2v) is 5.91. The van der Waals surface area contributed by atoms with Crippen LogP contribution in [-0.2, 0) is 11.3 Å². The van der Waals surface area contributed by atoms with Crippen LogP contribution in [0.25, 0.3) is 0 Å². The Bertz CT molecular complexity index is 821. The topological polar surface area (TPSA) is 55.8 Å². The van der Waals surface area contributed by atoms with Crippen molar-refractivity contribution in [2.45, 2.75) is 19.6 Å². The Morgan fingerprint density at radius 2 is 1.84 bits per heavy atom. The maximum absolute atomic E-state index is 13.2. The highest BCUT2D eigenvalue weighted by Gasteiger charge is 2.38. The molecule has 1 heterocycles. The number of imide groups is 1. The summed E-state index contributed by atoms with van der Waals surface area (Å²) in [5.74, 6) is -0.578. The largest absolute Gasteiger partial charge is 0.489 e. The molecule has 0 radical (unpaired) electrons. The highest BCUT2D eigenvalue weighted by molar-refractivity contribution is 6.21. The molecule has 1 atom stereocenters. The molecule has 1 unspecified atom stereocenters. The summed E-state index contributed by atoms with van der Waals surface area (Å²) in [6, 6.07) is 10.5. The minimum atomic E-state index is -0.360. The number of nitrogens with zero attached hydrogens (tertiary/aromatic N) is 1. The minimum absolute atomic E-state index is 0.169. The van der Waals surface area contributed by atoms with Crippen molar-refractivity contribution in [3.05, 3.63) is 65.0 Å². The maximum atomic E-state index is 13.2. The number of rotatable bonds is 6. The van der Waals surface area contributed by atoms with E-state index in [1.54, 1.807) is 37.3 Å². The number of benzene rings is 2. The SMILES string of the molecule is COCC(C)N1C(=O)c2ccc(OCc3cccc(F)c3)cc2C1=O. The number of methoxy groups -OCH3 is 1. The first-order valence-electron chi connectivity index (χ1n) is 7.89. The van der Waals surface area contributed by atoms with E-state index < -0.39 is 0 Å². The van der Waals surface area contributed by atoms with E-state index in [1.807, 2.05) is 0 Å². The van der Waals surface area contributed by atoms with Gasteiger partial charge in [0.15, 0.2) is 0 Å². The summed E-state index contributed by atoms with van der Waals surface area (Å²) in [7, 11) is 1.52. The van der Waals surface area contributed by atoms with E-state index in [0.717, 1.165) is 0 Å². The molecule has 5 nitrogen and oxygen atoms in total. The molecule has 0 aliphatic carbocycles. The number of carbonyl (C=O) groups excluding carboxylic acids is 2. The van der Waals surface area contributed by atoms with E-state index in [1.165, 1.54) is 24.1 Å². The van der Waals surface area contributed by atoms with Gasteiger partial charge in [0.2, 0.25) is 0 Å². The zero-order valence-corrected chi connectivity index (χ0v) is 14.0. The third-order valence-electron chi connectivity index (χ3n) is 4.03. The highest BCUT2D eigenvalue weighted by atomic mass is 19.1. The molecule has 0 aromatic heterocycles. The minimum Gasteiger partial charge on any atom is -0.489 e. The van der Waals surface area contributed by atoms with Gasteiger partial charge in [-0.15, -0.1) is 0 Å². The zero-order valence-electron chi connectivity index (χ0n) is 14.0. The van der Waals surface area contributed by atoms with Crippen LogP contribution in [0, 0.1) is 5.82 Å². The van der Waals surface area contributed by atoms with Gasteiger partial charge in [-0.25, -0.2) is 4.39 Å². The van der Waals surface area contributed by atoms with E-state index in [-0.39, 0.29) is 36.9 Å². The number of carbonyl (C=O) groups is 2. The molecule has 25 heavy (non-hydrogen) atoms. The number of hydrogen-bond donors (Lipinski definition) is 0. The van der Waals surface area contributed by atoms with E-state index in [4.69, 9.17) is 9.47 Å². The molecule has 2 amide bonds. The number of hydrogen-bond acceptors (Lipinski definition) is 4.